The first kappa shape index (κ1) is 110. The Morgan fingerprint density at radius 1 is 0.241 bits per heavy atom. The van der Waals surface area contributed by atoms with Crippen LogP contribution in [0.15, 0.2) is 0 Å². The minimum absolute atomic E-state index is 0.109. The van der Waals surface area contributed by atoms with Gasteiger partial charge >= 0.3 is 39.5 Å². The topological polar surface area (TPSA) is 237 Å². The fraction of sp³-hybridized carbons (Fsp3) is 0.957. The fourth-order valence-corrected chi connectivity index (χ4v) is 16.3. The molecule has 0 aromatic heterocycles. The van der Waals surface area contributed by atoms with Gasteiger partial charge in [-0.05, 0) is 31.6 Å². The highest BCUT2D eigenvalue weighted by Crippen LogP contribution is 2.45. The van der Waals surface area contributed by atoms with Crippen molar-refractivity contribution in [1.82, 2.24) is 0 Å². The molecule has 0 radical (unpaired) electrons. The van der Waals surface area contributed by atoms with Crippen molar-refractivity contribution in [3.8, 4) is 0 Å². The number of hydrogen-bond acceptors (Lipinski definition) is 15. The molecule has 112 heavy (non-hydrogen) atoms. The van der Waals surface area contributed by atoms with Gasteiger partial charge in [0.2, 0.25) is 0 Å². The normalized spacial score (nSPS) is 13.7. The van der Waals surface area contributed by atoms with Crippen molar-refractivity contribution in [3.05, 3.63) is 0 Å². The van der Waals surface area contributed by atoms with E-state index in [1.54, 1.807) is 0 Å². The van der Waals surface area contributed by atoms with Gasteiger partial charge in [0.15, 0.2) is 12.2 Å². The van der Waals surface area contributed by atoms with E-state index in [0.717, 1.165) is 95.8 Å². The van der Waals surface area contributed by atoms with Crippen LogP contribution in [0, 0.1) is 5.92 Å². The maximum atomic E-state index is 13.2. The molecule has 0 amide bonds. The molecule has 0 aromatic rings. The van der Waals surface area contributed by atoms with Crippen LogP contribution < -0.4 is 0 Å². The third-order valence-electron chi connectivity index (χ3n) is 22.0. The second-order valence-electron chi connectivity index (χ2n) is 33.9. The molecular weight excluding hydrogens is 1450 g/mol. The first-order chi connectivity index (χ1) is 54.5. The first-order valence-corrected chi connectivity index (χ1v) is 51.1. The Balaban J connectivity index is 5.20. The summed E-state index contributed by atoms with van der Waals surface area (Å²) in [5.74, 6) is -1.28. The number of aliphatic hydroxyl groups excluding tert-OH is 1. The molecule has 0 fully saturated rings. The lowest BCUT2D eigenvalue weighted by Gasteiger charge is -2.21. The molecule has 0 aliphatic carbocycles. The molecule has 0 rings (SSSR count). The molecule has 0 aliphatic heterocycles. The summed E-state index contributed by atoms with van der Waals surface area (Å²) in [5.41, 5.74) is 0. The number of phosphoric ester groups is 2. The summed E-state index contributed by atoms with van der Waals surface area (Å²) >= 11 is 0. The highest BCUT2D eigenvalue weighted by molar-refractivity contribution is 7.47. The Labute approximate surface area is 689 Å². The van der Waals surface area contributed by atoms with Crippen molar-refractivity contribution in [2.75, 3.05) is 39.6 Å². The van der Waals surface area contributed by atoms with Gasteiger partial charge < -0.3 is 33.8 Å². The number of carbonyl (C=O) groups is 4. The van der Waals surface area contributed by atoms with Crippen LogP contribution in [-0.2, 0) is 65.4 Å². The zero-order chi connectivity index (χ0) is 81.8. The minimum Gasteiger partial charge on any atom is -0.462 e. The van der Waals surface area contributed by atoms with Gasteiger partial charge in [0.25, 0.3) is 0 Å². The van der Waals surface area contributed by atoms with E-state index >= 15 is 0 Å². The molecular formula is C93H182O17P2. The van der Waals surface area contributed by atoms with E-state index in [1.807, 2.05) is 0 Å². The van der Waals surface area contributed by atoms with Crippen LogP contribution in [0.2, 0.25) is 0 Å². The van der Waals surface area contributed by atoms with Crippen LogP contribution in [-0.4, -0.2) is 96.7 Å². The predicted molar refractivity (Wildman–Crippen MR) is 465 cm³/mol. The van der Waals surface area contributed by atoms with Crippen LogP contribution in [0.25, 0.3) is 0 Å². The largest absolute Gasteiger partial charge is 0.472 e. The average Bonchev–Trinajstić information content (AvgIpc) is 0.900. The maximum Gasteiger partial charge on any atom is 0.472 e. The summed E-state index contributed by atoms with van der Waals surface area (Å²) < 4.78 is 69.1. The van der Waals surface area contributed by atoms with E-state index in [4.69, 9.17) is 37.0 Å². The van der Waals surface area contributed by atoms with E-state index in [2.05, 4.69) is 34.6 Å². The van der Waals surface area contributed by atoms with E-state index in [9.17, 15) is 43.2 Å². The van der Waals surface area contributed by atoms with Crippen LogP contribution in [0.1, 0.15) is 510 Å². The van der Waals surface area contributed by atoms with Crippen LogP contribution in [0.4, 0.5) is 0 Å². The Hall–Kier alpha value is -1.94. The molecule has 19 heteroatoms. The van der Waals surface area contributed by atoms with Crippen molar-refractivity contribution in [3.63, 3.8) is 0 Å². The second kappa shape index (κ2) is 85.5. The monoisotopic (exact) mass is 1630 g/mol. The van der Waals surface area contributed by atoms with Gasteiger partial charge in [-0.3, -0.25) is 37.3 Å². The molecule has 17 nitrogen and oxygen atoms in total. The molecule has 666 valence electrons. The number of esters is 4. The highest BCUT2D eigenvalue weighted by Gasteiger charge is 2.31. The van der Waals surface area contributed by atoms with Crippen molar-refractivity contribution >= 4 is 39.5 Å². The Kier molecular flexibility index (Phi) is 84.0. The minimum atomic E-state index is -4.97. The number of hydrogen-bond donors (Lipinski definition) is 3. The van der Waals surface area contributed by atoms with Gasteiger partial charge in [-0.1, -0.05) is 458 Å². The number of rotatable bonds is 93. The zero-order valence-corrected chi connectivity index (χ0v) is 75.6. The van der Waals surface area contributed by atoms with Gasteiger partial charge in [-0.2, -0.15) is 0 Å². The number of phosphoric acid groups is 2. The smallest absolute Gasteiger partial charge is 0.462 e. The molecule has 0 aromatic carbocycles. The lowest BCUT2D eigenvalue weighted by molar-refractivity contribution is -0.161. The molecule has 3 N–H and O–H groups in total. The lowest BCUT2D eigenvalue weighted by Crippen LogP contribution is -2.30. The highest BCUT2D eigenvalue weighted by atomic mass is 31.2. The van der Waals surface area contributed by atoms with Crippen molar-refractivity contribution in [1.29, 1.82) is 0 Å². The standard InChI is InChI=1S/C93H182O17P2/c1-6-9-12-15-18-21-24-26-28-30-32-34-36-38-40-45-49-53-58-63-68-73-78-93(98)110-89(83-104-91(96)77-72-67-62-57-52-48-44-39-37-35-33-31-29-27-25-22-19-16-13-10-7-2)85-108-112(101,102)106-81-87(94)80-105-111(99,100)107-84-88(82-103-90(95)76-71-66-61-56-23-20-17-14-11-8-3)109-92(97)79-74-69-64-59-54-50-46-42-41-43-47-51-55-60-65-70-75-86(4)5/h86-89,94H,6-85H2,1-5H3,(H,99,100)(H,101,102)/t87-,88+,89+/m0/s1. The van der Waals surface area contributed by atoms with Crippen LogP contribution >= 0.6 is 15.6 Å². The number of unbranched alkanes of at least 4 members (excludes halogenated alkanes) is 65. The van der Waals surface area contributed by atoms with E-state index < -0.39 is 97.5 Å². The Morgan fingerprint density at radius 2 is 0.411 bits per heavy atom. The molecule has 0 bridgehead atoms. The van der Waals surface area contributed by atoms with Gasteiger partial charge in [0.1, 0.15) is 19.3 Å². The summed E-state index contributed by atoms with van der Waals surface area (Å²) in [4.78, 5) is 73.4. The molecule has 2 unspecified atom stereocenters. The summed E-state index contributed by atoms with van der Waals surface area (Å²) in [6, 6.07) is 0. The van der Waals surface area contributed by atoms with Crippen molar-refractivity contribution in [2.45, 2.75) is 528 Å². The molecule has 0 saturated carbocycles. The van der Waals surface area contributed by atoms with Gasteiger partial charge in [0, 0.05) is 25.7 Å². The average molecular weight is 1630 g/mol. The van der Waals surface area contributed by atoms with Gasteiger partial charge in [-0.25, -0.2) is 9.13 Å². The maximum absolute atomic E-state index is 13.2. The second-order valence-corrected chi connectivity index (χ2v) is 36.8. The van der Waals surface area contributed by atoms with Crippen molar-refractivity contribution < 1.29 is 80.2 Å². The molecule has 5 atom stereocenters. The summed E-state index contributed by atoms with van der Waals surface area (Å²) in [5, 5.41) is 10.7. The van der Waals surface area contributed by atoms with Crippen molar-refractivity contribution in [2.24, 2.45) is 5.92 Å². The van der Waals surface area contributed by atoms with E-state index in [1.165, 1.54) is 334 Å². The van der Waals surface area contributed by atoms with Gasteiger partial charge in [-0.15, -0.1) is 0 Å². The summed E-state index contributed by atoms with van der Waals surface area (Å²) in [6.07, 6.45) is 82.2. The summed E-state index contributed by atoms with van der Waals surface area (Å²) in [6.45, 7) is 7.42. The quantitative estimate of drug-likeness (QED) is 0.0222. The number of aliphatic hydroxyl groups is 1. The molecule has 0 aliphatic rings. The Morgan fingerprint density at radius 3 is 0.607 bits per heavy atom. The Bertz CT molecular complexity index is 2120. The number of ether oxygens (including phenoxy) is 4. The SMILES string of the molecule is CCCCCCCCCCCCCCCCCCCCCCCCC(=O)O[C@H](COC(=O)CCCCCCCCCCCCCCCCCCCCCCC)COP(=O)(O)OC[C@@H](O)COP(=O)(O)OC[C@@H](COC(=O)CCCCCCCCCCCC)OC(=O)CCCCCCCCCCCCCCCCCCC(C)C. The molecule has 0 spiro atoms. The van der Waals surface area contributed by atoms with E-state index in [0.29, 0.717) is 25.7 Å². The number of carbonyl (C=O) groups excluding carboxylic acids is 4. The first-order valence-electron chi connectivity index (χ1n) is 48.1. The molecule has 0 saturated heterocycles. The zero-order valence-electron chi connectivity index (χ0n) is 73.8. The fourth-order valence-electron chi connectivity index (χ4n) is 14.7. The lowest BCUT2D eigenvalue weighted by atomic mass is 10.0. The molecule has 0 heterocycles. The van der Waals surface area contributed by atoms with Crippen LogP contribution in [0.3, 0.4) is 0 Å². The van der Waals surface area contributed by atoms with Crippen LogP contribution in [0.5, 0.6) is 0 Å². The van der Waals surface area contributed by atoms with E-state index in [-0.39, 0.29) is 25.7 Å². The predicted octanol–water partition coefficient (Wildman–Crippen LogP) is 29.1. The third kappa shape index (κ3) is 85.9. The summed E-state index contributed by atoms with van der Waals surface area (Å²) in [7, 11) is -9.94. The van der Waals surface area contributed by atoms with Gasteiger partial charge in [0.05, 0.1) is 26.4 Å². The third-order valence-corrected chi connectivity index (χ3v) is 23.9.